The van der Waals surface area contributed by atoms with E-state index in [1.54, 1.807) is 0 Å². The number of hydrogen-bond donors (Lipinski definition) is 1. The van der Waals surface area contributed by atoms with Gasteiger partial charge in [-0.1, -0.05) is 20.8 Å². The zero-order chi connectivity index (χ0) is 9.19. The topological polar surface area (TPSA) is 44.5 Å². The Hall–Kier alpha value is -0.120. The largest absolute Gasteiger partial charge is 0.377 e. The van der Waals surface area contributed by atoms with Crippen molar-refractivity contribution in [1.82, 2.24) is 0 Å². The third kappa shape index (κ3) is 2.19. The van der Waals surface area contributed by atoms with E-state index in [9.17, 15) is 0 Å². The molecule has 1 heterocycles. The van der Waals surface area contributed by atoms with Crippen molar-refractivity contribution in [1.29, 1.82) is 0 Å². The highest BCUT2D eigenvalue weighted by molar-refractivity contribution is 4.79. The monoisotopic (exact) mass is 173 g/mol. The maximum Gasteiger partial charge on any atom is 0.129 e. The lowest BCUT2D eigenvalue weighted by molar-refractivity contribution is 0.00673. The molecule has 1 aliphatic heterocycles. The Morgan fingerprint density at radius 2 is 2.08 bits per heavy atom. The second kappa shape index (κ2) is 3.73. The van der Waals surface area contributed by atoms with Gasteiger partial charge in [-0.3, -0.25) is 0 Å². The van der Waals surface area contributed by atoms with Gasteiger partial charge in [0.25, 0.3) is 0 Å². The van der Waals surface area contributed by atoms with Crippen LogP contribution in [0.1, 0.15) is 20.8 Å². The van der Waals surface area contributed by atoms with E-state index in [1.807, 2.05) is 0 Å². The molecule has 0 amide bonds. The molecule has 2 atom stereocenters. The molecular weight excluding hydrogens is 154 g/mol. The molecule has 0 saturated carbocycles. The molecular formula is C9H19NO2. The van der Waals surface area contributed by atoms with E-state index in [2.05, 4.69) is 20.8 Å². The van der Waals surface area contributed by atoms with E-state index in [1.165, 1.54) is 0 Å². The van der Waals surface area contributed by atoms with Gasteiger partial charge in [0.2, 0.25) is 0 Å². The summed E-state index contributed by atoms with van der Waals surface area (Å²) in [4.78, 5) is 0. The predicted octanol–water partition coefficient (Wildman–Crippen LogP) is 0.980. The summed E-state index contributed by atoms with van der Waals surface area (Å²) < 4.78 is 10.9. The van der Waals surface area contributed by atoms with Gasteiger partial charge in [0.1, 0.15) is 6.23 Å². The molecule has 1 aliphatic rings. The molecule has 0 aliphatic carbocycles. The summed E-state index contributed by atoms with van der Waals surface area (Å²) in [6.07, 6.45) is -0.245. The van der Waals surface area contributed by atoms with Gasteiger partial charge in [-0.15, -0.1) is 0 Å². The Morgan fingerprint density at radius 1 is 1.42 bits per heavy atom. The van der Waals surface area contributed by atoms with Crippen LogP contribution in [0, 0.1) is 11.3 Å². The van der Waals surface area contributed by atoms with E-state index in [0.717, 1.165) is 6.61 Å². The molecule has 72 valence electrons. The SMILES string of the molecule is CC(C)C1(C)COCC(N)OC1. The fourth-order valence-electron chi connectivity index (χ4n) is 1.13. The first-order valence-electron chi connectivity index (χ1n) is 4.49. The van der Waals surface area contributed by atoms with Crippen LogP contribution in [-0.4, -0.2) is 26.0 Å². The number of hydrogen-bond acceptors (Lipinski definition) is 3. The van der Waals surface area contributed by atoms with Crippen LogP contribution in [0.3, 0.4) is 0 Å². The van der Waals surface area contributed by atoms with Crippen molar-refractivity contribution in [2.75, 3.05) is 19.8 Å². The maximum atomic E-state index is 5.61. The Balaban J connectivity index is 2.55. The minimum atomic E-state index is -0.245. The van der Waals surface area contributed by atoms with Crippen LogP contribution in [0.2, 0.25) is 0 Å². The van der Waals surface area contributed by atoms with E-state index in [-0.39, 0.29) is 11.6 Å². The molecule has 0 spiro atoms. The standard InChI is InChI=1S/C9H19NO2/c1-7(2)9(3)5-11-4-8(10)12-6-9/h7-8H,4-6,10H2,1-3H3. The second-order valence-electron chi connectivity index (χ2n) is 4.17. The van der Waals surface area contributed by atoms with Crippen molar-refractivity contribution >= 4 is 0 Å². The Morgan fingerprint density at radius 3 is 2.67 bits per heavy atom. The third-order valence-corrected chi connectivity index (χ3v) is 2.73. The Labute approximate surface area is 74.2 Å². The molecule has 0 aromatic heterocycles. The van der Waals surface area contributed by atoms with Gasteiger partial charge >= 0.3 is 0 Å². The van der Waals surface area contributed by atoms with E-state index >= 15 is 0 Å². The fourth-order valence-corrected chi connectivity index (χ4v) is 1.13. The van der Waals surface area contributed by atoms with Gasteiger partial charge in [-0.2, -0.15) is 0 Å². The number of rotatable bonds is 1. The highest BCUT2D eigenvalue weighted by Crippen LogP contribution is 2.29. The minimum Gasteiger partial charge on any atom is -0.377 e. The van der Waals surface area contributed by atoms with Crippen LogP contribution in [-0.2, 0) is 9.47 Å². The van der Waals surface area contributed by atoms with E-state index < -0.39 is 0 Å². The van der Waals surface area contributed by atoms with Gasteiger partial charge in [-0.05, 0) is 5.92 Å². The highest BCUT2D eigenvalue weighted by Gasteiger charge is 2.32. The molecule has 0 aromatic carbocycles. The van der Waals surface area contributed by atoms with E-state index in [0.29, 0.717) is 19.1 Å². The van der Waals surface area contributed by atoms with Crippen LogP contribution < -0.4 is 5.73 Å². The number of nitrogens with two attached hydrogens (primary N) is 1. The Kier molecular flexibility index (Phi) is 3.09. The van der Waals surface area contributed by atoms with Gasteiger partial charge in [0.05, 0.1) is 19.8 Å². The van der Waals surface area contributed by atoms with Gasteiger partial charge < -0.3 is 15.2 Å². The Bertz CT molecular complexity index is 149. The van der Waals surface area contributed by atoms with Crippen LogP contribution in [0.4, 0.5) is 0 Å². The smallest absolute Gasteiger partial charge is 0.129 e. The molecule has 0 radical (unpaired) electrons. The average molecular weight is 173 g/mol. The molecule has 2 unspecified atom stereocenters. The van der Waals surface area contributed by atoms with Crippen molar-refractivity contribution in [3.8, 4) is 0 Å². The molecule has 3 heteroatoms. The second-order valence-corrected chi connectivity index (χ2v) is 4.17. The van der Waals surface area contributed by atoms with Gasteiger partial charge in [-0.25, -0.2) is 0 Å². The molecule has 2 N–H and O–H groups in total. The maximum absolute atomic E-state index is 5.61. The normalized spacial score (nSPS) is 38.2. The fraction of sp³-hybridized carbons (Fsp3) is 1.00. The third-order valence-electron chi connectivity index (χ3n) is 2.73. The molecule has 3 nitrogen and oxygen atoms in total. The highest BCUT2D eigenvalue weighted by atomic mass is 16.6. The van der Waals surface area contributed by atoms with Gasteiger partial charge in [0.15, 0.2) is 0 Å². The van der Waals surface area contributed by atoms with Crippen LogP contribution >= 0.6 is 0 Å². The average Bonchev–Trinajstić information content (AvgIpc) is 2.15. The summed E-state index contributed by atoms with van der Waals surface area (Å²) in [7, 11) is 0. The molecule has 1 rings (SSSR count). The molecule has 0 aromatic rings. The predicted molar refractivity (Wildman–Crippen MR) is 47.7 cm³/mol. The first kappa shape index (κ1) is 9.96. The quantitative estimate of drug-likeness (QED) is 0.643. The summed E-state index contributed by atoms with van der Waals surface area (Å²) in [6, 6.07) is 0. The van der Waals surface area contributed by atoms with Crippen molar-refractivity contribution in [2.45, 2.75) is 27.0 Å². The van der Waals surface area contributed by atoms with Crippen LogP contribution in [0.25, 0.3) is 0 Å². The molecule has 1 saturated heterocycles. The summed E-state index contributed by atoms with van der Waals surface area (Å²) in [5.74, 6) is 0.558. The minimum absolute atomic E-state index is 0.119. The zero-order valence-electron chi connectivity index (χ0n) is 8.17. The summed E-state index contributed by atoms with van der Waals surface area (Å²) in [5, 5.41) is 0. The number of ether oxygens (including phenoxy) is 2. The molecule has 12 heavy (non-hydrogen) atoms. The van der Waals surface area contributed by atoms with Crippen molar-refractivity contribution in [3.05, 3.63) is 0 Å². The van der Waals surface area contributed by atoms with Crippen LogP contribution in [0.5, 0.6) is 0 Å². The molecule has 0 bridgehead atoms. The van der Waals surface area contributed by atoms with Gasteiger partial charge in [0, 0.05) is 5.41 Å². The van der Waals surface area contributed by atoms with E-state index in [4.69, 9.17) is 15.2 Å². The zero-order valence-corrected chi connectivity index (χ0v) is 8.17. The van der Waals surface area contributed by atoms with Crippen molar-refractivity contribution < 1.29 is 9.47 Å². The lowest BCUT2D eigenvalue weighted by Crippen LogP contribution is -2.33. The molecule has 1 fully saturated rings. The van der Waals surface area contributed by atoms with Crippen molar-refractivity contribution in [2.24, 2.45) is 17.1 Å². The summed E-state index contributed by atoms with van der Waals surface area (Å²) >= 11 is 0. The summed E-state index contributed by atoms with van der Waals surface area (Å²) in [6.45, 7) is 8.51. The lowest BCUT2D eigenvalue weighted by Gasteiger charge is -2.30. The lowest BCUT2D eigenvalue weighted by atomic mass is 9.81. The van der Waals surface area contributed by atoms with Crippen LogP contribution in [0.15, 0.2) is 0 Å². The summed E-state index contributed by atoms with van der Waals surface area (Å²) in [5.41, 5.74) is 5.73. The van der Waals surface area contributed by atoms with Crippen molar-refractivity contribution in [3.63, 3.8) is 0 Å². The first-order valence-corrected chi connectivity index (χ1v) is 4.49. The first-order chi connectivity index (χ1) is 5.54.